The van der Waals surface area contributed by atoms with Gasteiger partial charge in [-0.2, -0.15) is 4.39 Å². The average molecular weight is 1430 g/mol. The van der Waals surface area contributed by atoms with Gasteiger partial charge in [0.15, 0.2) is 11.3 Å². The number of carbonyl (C=O) groups excluding carboxylic acids is 7. The number of ketones is 1. The lowest BCUT2D eigenvalue weighted by Gasteiger charge is -2.32. The summed E-state index contributed by atoms with van der Waals surface area (Å²) in [4.78, 5) is 124. The van der Waals surface area contributed by atoms with Crippen LogP contribution in [0.15, 0.2) is 79.5 Å². The highest BCUT2D eigenvalue weighted by Gasteiger charge is 2.52. The fraction of sp³-hybridized carbons (Fsp3) is 0.500. The lowest BCUT2D eigenvalue weighted by molar-refractivity contribution is -0.138. The molecule has 6 heterocycles. The lowest BCUT2D eigenvalue weighted by atomic mass is 9.80. The monoisotopic (exact) mass is 1430 g/mol. The van der Waals surface area contributed by atoms with Crippen molar-refractivity contribution >= 4 is 124 Å². The Bertz CT molecular complexity index is 3630. The second-order valence-corrected chi connectivity index (χ2v) is 25.6. The van der Waals surface area contributed by atoms with Gasteiger partial charge in [0.2, 0.25) is 22.6 Å². The summed E-state index contributed by atoms with van der Waals surface area (Å²) in [5.41, 5.74) is -4.31. The van der Waals surface area contributed by atoms with Crippen molar-refractivity contribution < 1.29 is 75.7 Å². The van der Waals surface area contributed by atoms with Gasteiger partial charge in [0, 0.05) is 102 Å². The summed E-state index contributed by atoms with van der Waals surface area (Å²) in [6, 6.07) is 4.37. The number of ether oxygens (including phenoxy) is 6. The van der Waals surface area contributed by atoms with Crippen LogP contribution in [0.1, 0.15) is 149 Å². The number of carbonyl (C=O) groups is 7. The molecule has 1 aliphatic rings. The first-order valence-corrected chi connectivity index (χ1v) is 29.8. The first-order chi connectivity index (χ1) is 42.3. The van der Waals surface area contributed by atoms with E-state index < -0.39 is 93.9 Å². The minimum absolute atomic E-state index is 0. The third-order valence-electron chi connectivity index (χ3n) is 12.0. The number of amides is 3. The maximum absolute atomic E-state index is 13.6. The summed E-state index contributed by atoms with van der Waals surface area (Å²) in [5.74, 6) is 1.01. The first kappa shape index (κ1) is 83.3. The fourth-order valence-electron chi connectivity index (χ4n) is 7.22. The molecule has 506 valence electrons. The Morgan fingerprint density at radius 1 is 0.624 bits per heavy atom. The van der Waals surface area contributed by atoms with Crippen molar-refractivity contribution in [1.29, 1.82) is 0 Å². The van der Waals surface area contributed by atoms with Crippen LogP contribution >= 0.6 is 31.9 Å². The lowest BCUT2D eigenvalue weighted by Crippen LogP contribution is -2.42. The summed E-state index contributed by atoms with van der Waals surface area (Å²) < 4.78 is 59.8. The Balaban J connectivity index is 0.000000654. The third kappa shape index (κ3) is 24.0. The standard InChI is InChI=1S/C23H32BN3O7.C17H20BrN3O5.C13H14BrFN2O3.C6H14N2O2.CH4.B2/c1-10-31-19(29)16-13-27(26(9)20(30)32-21(2,3)4)18-15(17(16)28)11-14(12-25-18)24-33-22(5,6)23(7,8)34-24;1-6-25-15(23)12-9-21(20(5)16(24)26-17(2,3)4)14-11(13(12)22)7-10(18)8-19-14;1-4-20-13(19)10(7-17(2)3)11(18)9-5-8(14)6-16-12(9)15;1-6(2,3)10-5(9)8(4)7;;1-2/h11-13H,10H2,1-9H3;7-9H,6H2,1-5H3;5-7H,4H2,1-3H3;7H2,1-4H3;1H4;/b;;10-7-;;;. The maximum atomic E-state index is 13.6. The molecular weight excluding hydrogens is 1340 g/mol. The second-order valence-electron chi connectivity index (χ2n) is 23.8. The summed E-state index contributed by atoms with van der Waals surface area (Å²) in [6.07, 6.45) is 6.12. The second kappa shape index (κ2) is 35.0. The quantitative estimate of drug-likeness (QED) is 0.0106. The highest BCUT2D eigenvalue weighted by atomic mass is 79.9. The van der Waals surface area contributed by atoms with Gasteiger partial charge in [-0.15, -0.1) is 0 Å². The van der Waals surface area contributed by atoms with Crippen molar-refractivity contribution in [2.75, 3.05) is 65.1 Å². The molecule has 93 heavy (non-hydrogen) atoms. The van der Waals surface area contributed by atoms with E-state index in [1.54, 1.807) is 103 Å². The van der Waals surface area contributed by atoms with Crippen molar-refractivity contribution in [3.63, 3.8) is 0 Å². The highest BCUT2D eigenvalue weighted by Crippen LogP contribution is 2.36. The molecule has 0 spiro atoms. The van der Waals surface area contributed by atoms with Crippen molar-refractivity contribution in [2.24, 2.45) is 5.84 Å². The number of aromatic nitrogens is 5. The Morgan fingerprint density at radius 2 is 1.00 bits per heavy atom. The van der Waals surface area contributed by atoms with Crippen LogP contribution in [0, 0.1) is 5.95 Å². The van der Waals surface area contributed by atoms with E-state index in [9.17, 15) is 47.5 Å². The molecule has 0 atom stereocenters. The molecular formula is C60H84B3Br2FN10O17. The highest BCUT2D eigenvalue weighted by molar-refractivity contribution is 9.10. The topological polar surface area (TPSA) is 315 Å². The van der Waals surface area contributed by atoms with Gasteiger partial charge in [0.25, 0.3) is 0 Å². The number of rotatable bonds is 12. The number of nitrogens with two attached hydrogens (primary N) is 1. The SMILES string of the molecule is C.CCOC(=O)/C(=C\N(C)C)C(=O)c1cc(Br)cnc1F.CCOC(=O)c1cn(N(C)C(=O)OC(C)(C)C)c2ncc(B3OC(C)(C)C(C)(C)O3)cc2c1=O.CCOC(=O)c1cn(N(C)C(=O)OC(C)(C)C)c2ncc(Br)cc2c1=O.CN(N)C(=O)OC(C)(C)C.[B][B]. The van der Waals surface area contributed by atoms with Crippen LogP contribution in [0.2, 0.25) is 0 Å². The van der Waals surface area contributed by atoms with E-state index in [-0.39, 0.29) is 71.6 Å². The number of nitrogens with zero attached hydrogens (tertiary/aromatic N) is 9. The molecule has 0 aliphatic carbocycles. The van der Waals surface area contributed by atoms with Crippen LogP contribution in [0.25, 0.3) is 22.1 Å². The summed E-state index contributed by atoms with van der Waals surface area (Å²) in [5, 5.41) is 3.45. The van der Waals surface area contributed by atoms with Crippen LogP contribution in [0.3, 0.4) is 0 Å². The van der Waals surface area contributed by atoms with Gasteiger partial charge in [0.1, 0.15) is 33.5 Å². The van der Waals surface area contributed by atoms with Gasteiger partial charge in [-0.25, -0.2) is 73.9 Å². The van der Waals surface area contributed by atoms with E-state index in [1.807, 2.05) is 27.7 Å². The molecule has 0 aromatic carbocycles. The van der Waals surface area contributed by atoms with Crippen LogP contribution in [-0.4, -0.2) is 182 Å². The van der Waals surface area contributed by atoms with E-state index in [0.717, 1.165) is 15.0 Å². The van der Waals surface area contributed by atoms with Crippen LogP contribution in [0.5, 0.6) is 0 Å². The third-order valence-corrected chi connectivity index (χ3v) is 12.8. The minimum Gasteiger partial charge on any atom is -0.462 e. The molecule has 27 nitrogen and oxygen atoms in total. The van der Waals surface area contributed by atoms with Crippen molar-refractivity contribution in [3.05, 3.63) is 113 Å². The molecule has 0 unspecified atom stereocenters. The smallest absolute Gasteiger partial charge is 0.462 e. The zero-order chi connectivity index (χ0) is 70.9. The molecule has 2 N–H and O–H groups in total. The number of Topliss-reactive ketones (excluding diaryl/α,β-unsaturated/α-hetero) is 1. The normalized spacial score (nSPS) is 13.0. The first-order valence-electron chi connectivity index (χ1n) is 28.2. The minimum atomic E-state index is -0.938. The van der Waals surface area contributed by atoms with Gasteiger partial charge in [-0.05, 0) is 161 Å². The van der Waals surface area contributed by atoms with Gasteiger partial charge in [-0.3, -0.25) is 14.4 Å². The molecule has 5 aromatic heterocycles. The molecule has 1 fully saturated rings. The molecule has 3 amide bonds. The van der Waals surface area contributed by atoms with Gasteiger partial charge in [0.05, 0.1) is 47.4 Å². The number of hydrogen-bond donors (Lipinski definition) is 1. The molecule has 4 radical (unpaired) electrons. The zero-order valence-electron chi connectivity index (χ0n) is 55.7. The van der Waals surface area contributed by atoms with E-state index >= 15 is 0 Å². The number of halogens is 3. The van der Waals surface area contributed by atoms with E-state index in [0.29, 0.717) is 14.4 Å². The van der Waals surface area contributed by atoms with E-state index in [2.05, 4.69) is 62.3 Å². The Kier molecular flexibility index (Phi) is 31.3. The van der Waals surface area contributed by atoms with Crippen LogP contribution < -0.4 is 32.2 Å². The molecule has 1 aliphatic heterocycles. The zero-order valence-corrected chi connectivity index (χ0v) is 58.9. The van der Waals surface area contributed by atoms with Crippen molar-refractivity contribution in [2.45, 2.75) is 146 Å². The maximum Gasteiger partial charge on any atom is 0.496 e. The Morgan fingerprint density at radius 3 is 1.38 bits per heavy atom. The Hall–Kier alpha value is -7.74. The van der Waals surface area contributed by atoms with Crippen molar-refractivity contribution in [1.82, 2.24) is 34.2 Å². The largest absolute Gasteiger partial charge is 0.496 e. The number of fused-ring (bicyclic) bond motifs is 2. The number of pyridine rings is 5. The molecule has 6 rings (SSSR count). The van der Waals surface area contributed by atoms with Crippen LogP contribution in [-0.2, 0) is 42.5 Å². The molecule has 0 saturated carbocycles. The molecule has 33 heteroatoms. The van der Waals surface area contributed by atoms with Crippen molar-refractivity contribution in [3.8, 4) is 0 Å². The van der Waals surface area contributed by atoms with Gasteiger partial charge in [-0.1, -0.05) is 7.43 Å². The fourth-order valence-corrected chi connectivity index (χ4v) is 7.88. The number of hydrogen-bond acceptors (Lipinski definition) is 22. The molecule has 1 saturated heterocycles. The van der Waals surface area contributed by atoms with Gasteiger partial charge < -0.3 is 42.6 Å². The molecule has 0 bridgehead atoms. The van der Waals surface area contributed by atoms with Gasteiger partial charge >= 0.3 is 43.3 Å². The average Bonchev–Trinajstić information content (AvgIpc) is 1.75. The van der Waals surface area contributed by atoms with Crippen LogP contribution in [0.4, 0.5) is 18.8 Å². The van der Waals surface area contributed by atoms with E-state index in [1.165, 1.54) is 84.7 Å². The number of hydrazine groups is 1. The molecule has 5 aromatic rings. The summed E-state index contributed by atoms with van der Waals surface area (Å²) in [6.45, 7) is 28.7. The number of esters is 3. The predicted molar refractivity (Wildman–Crippen MR) is 359 cm³/mol. The van der Waals surface area contributed by atoms with E-state index in [4.69, 9.17) is 43.6 Å². The summed E-state index contributed by atoms with van der Waals surface area (Å²) in [7, 11) is 14.9. The predicted octanol–water partition coefficient (Wildman–Crippen LogP) is 7.99. The summed E-state index contributed by atoms with van der Waals surface area (Å²) >= 11 is 6.36. The Labute approximate surface area is 561 Å².